The lowest BCUT2D eigenvalue weighted by molar-refractivity contribution is 0.459. The first-order valence-corrected chi connectivity index (χ1v) is 6.67. The molecule has 0 atom stereocenters. The van der Waals surface area contributed by atoms with E-state index in [1.165, 1.54) is 5.56 Å². The van der Waals surface area contributed by atoms with Crippen molar-refractivity contribution < 1.29 is 4.39 Å². The summed E-state index contributed by atoms with van der Waals surface area (Å²) in [5.41, 5.74) is 1.94. The van der Waals surface area contributed by atoms with E-state index in [1.807, 2.05) is 19.9 Å². The molecule has 0 bridgehead atoms. The Balaban J connectivity index is 2.34. The van der Waals surface area contributed by atoms with Gasteiger partial charge >= 0.3 is 0 Å². The number of hydrogen-bond donors (Lipinski definition) is 1. The van der Waals surface area contributed by atoms with Crippen LogP contribution in [0.1, 0.15) is 49.7 Å². The number of piperidine rings is 1. The summed E-state index contributed by atoms with van der Waals surface area (Å²) in [5, 5.41) is 3.61. The Hall–Kier alpha value is -0.600. The molecule has 0 saturated carbocycles. The largest absolute Gasteiger partial charge is 0.317 e. The van der Waals surface area contributed by atoms with E-state index in [0.717, 1.165) is 31.5 Å². The van der Waals surface area contributed by atoms with Gasteiger partial charge in [0.15, 0.2) is 0 Å². The van der Waals surface area contributed by atoms with Crippen LogP contribution in [-0.4, -0.2) is 13.1 Å². The second-order valence-corrected chi connectivity index (χ2v) is 5.49. The quantitative estimate of drug-likeness (QED) is 0.840. The third-order valence-electron chi connectivity index (χ3n) is 3.51. The molecule has 17 heavy (non-hydrogen) atoms. The van der Waals surface area contributed by atoms with Crippen LogP contribution in [0.25, 0.3) is 0 Å². The first kappa shape index (κ1) is 12.8. The highest BCUT2D eigenvalue weighted by atomic mass is 35.5. The van der Waals surface area contributed by atoms with Crippen molar-refractivity contribution in [3.8, 4) is 0 Å². The molecule has 1 aromatic rings. The zero-order valence-corrected chi connectivity index (χ0v) is 11.1. The van der Waals surface area contributed by atoms with Gasteiger partial charge in [0.1, 0.15) is 5.82 Å². The van der Waals surface area contributed by atoms with Crippen molar-refractivity contribution in [1.82, 2.24) is 5.32 Å². The van der Waals surface area contributed by atoms with Crippen molar-refractivity contribution in [1.29, 1.82) is 0 Å². The minimum absolute atomic E-state index is 0.175. The van der Waals surface area contributed by atoms with Crippen molar-refractivity contribution >= 4 is 11.6 Å². The Morgan fingerprint density at radius 3 is 2.53 bits per heavy atom. The van der Waals surface area contributed by atoms with Gasteiger partial charge in [0.2, 0.25) is 0 Å². The lowest BCUT2D eigenvalue weighted by Crippen LogP contribution is -2.26. The van der Waals surface area contributed by atoms with Gasteiger partial charge < -0.3 is 5.32 Å². The average molecular weight is 256 g/mol. The summed E-state index contributed by atoms with van der Waals surface area (Å²) in [7, 11) is 0. The fraction of sp³-hybridized carbons (Fsp3) is 0.571. The molecular weight excluding hydrogens is 237 g/mol. The Labute approximate surface area is 107 Å². The zero-order chi connectivity index (χ0) is 12.4. The average Bonchev–Trinajstić information content (AvgIpc) is 2.33. The van der Waals surface area contributed by atoms with Crippen LogP contribution in [0.3, 0.4) is 0 Å². The highest BCUT2D eigenvalue weighted by Gasteiger charge is 2.19. The molecule has 94 valence electrons. The standard InChI is InChI=1S/C14H19ClFN/c1-9(2)12-7-11(8-13(15)14(12)16)10-3-5-17-6-4-10/h7-10,17H,3-6H2,1-2H3. The van der Waals surface area contributed by atoms with Gasteiger partial charge in [-0.05, 0) is 55.0 Å². The Kier molecular flexibility index (Phi) is 4.05. The molecule has 1 nitrogen and oxygen atoms in total. The maximum Gasteiger partial charge on any atom is 0.145 e. The van der Waals surface area contributed by atoms with Gasteiger partial charge in [-0.15, -0.1) is 0 Å². The van der Waals surface area contributed by atoms with E-state index in [1.54, 1.807) is 6.07 Å². The van der Waals surface area contributed by atoms with Gasteiger partial charge in [-0.25, -0.2) is 4.39 Å². The summed E-state index contributed by atoms with van der Waals surface area (Å²) in [6, 6.07) is 3.81. The molecule has 1 heterocycles. The van der Waals surface area contributed by atoms with Crippen LogP contribution < -0.4 is 5.32 Å². The smallest absolute Gasteiger partial charge is 0.145 e. The van der Waals surface area contributed by atoms with Crippen LogP contribution in [0.2, 0.25) is 5.02 Å². The van der Waals surface area contributed by atoms with Crippen LogP contribution in [0, 0.1) is 5.82 Å². The Morgan fingerprint density at radius 1 is 1.29 bits per heavy atom. The lowest BCUT2D eigenvalue weighted by Gasteiger charge is -2.24. The molecule has 0 aliphatic carbocycles. The molecule has 0 radical (unpaired) electrons. The lowest BCUT2D eigenvalue weighted by atomic mass is 9.87. The molecule has 0 aromatic heterocycles. The Bertz CT molecular complexity index is 397. The van der Waals surface area contributed by atoms with Gasteiger partial charge in [0.25, 0.3) is 0 Å². The minimum atomic E-state index is -0.251. The normalized spacial score (nSPS) is 17.7. The van der Waals surface area contributed by atoms with Crippen molar-refractivity contribution in [3.63, 3.8) is 0 Å². The van der Waals surface area contributed by atoms with Crippen molar-refractivity contribution in [2.75, 3.05) is 13.1 Å². The highest BCUT2D eigenvalue weighted by molar-refractivity contribution is 6.30. The summed E-state index contributed by atoms with van der Waals surface area (Å²) >= 11 is 5.99. The van der Waals surface area contributed by atoms with Crippen molar-refractivity contribution in [2.24, 2.45) is 0 Å². The third kappa shape index (κ3) is 2.80. The molecule has 0 amide bonds. The number of halogens is 2. The van der Waals surface area contributed by atoms with Crippen LogP contribution in [0.4, 0.5) is 4.39 Å². The molecule has 1 aromatic carbocycles. The monoisotopic (exact) mass is 255 g/mol. The third-order valence-corrected chi connectivity index (χ3v) is 3.79. The Morgan fingerprint density at radius 2 is 1.94 bits per heavy atom. The molecule has 1 saturated heterocycles. The number of benzene rings is 1. The van der Waals surface area contributed by atoms with E-state index >= 15 is 0 Å². The summed E-state index contributed by atoms with van der Waals surface area (Å²) in [4.78, 5) is 0. The highest BCUT2D eigenvalue weighted by Crippen LogP contribution is 2.32. The van der Waals surface area contributed by atoms with Gasteiger partial charge in [-0.2, -0.15) is 0 Å². The maximum absolute atomic E-state index is 13.9. The van der Waals surface area contributed by atoms with E-state index in [4.69, 9.17) is 11.6 Å². The fourth-order valence-electron chi connectivity index (χ4n) is 2.44. The second-order valence-electron chi connectivity index (χ2n) is 5.08. The van der Waals surface area contributed by atoms with Gasteiger partial charge in [-0.1, -0.05) is 31.5 Å². The SMILES string of the molecule is CC(C)c1cc(C2CCNCC2)cc(Cl)c1F. The molecule has 0 unspecified atom stereocenters. The summed E-state index contributed by atoms with van der Waals surface area (Å²) in [6.07, 6.45) is 2.22. The first-order valence-electron chi connectivity index (χ1n) is 6.29. The molecule has 2 rings (SSSR count). The number of rotatable bonds is 2. The zero-order valence-electron chi connectivity index (χ0n) is 10.4. The fourth-order valence-corrected chi connectivity index (χ4v) is 2.68. The van der Waals surface area contributed by atoms with Crippen LogP contribution in [0.5, 0.6) is 0 Å². The maximum atomic E-state index is 13.9. The summed E-state index contributed by atoms with van der Waals surface area (Å²) in [5.74, 6) is 0.445. The van der Waals surface area contributed by atoms with E-state index in [9.17, 15) is 4.39 Å². The first-order chi connectivity index (χ1) is 8.09. The summed E-state index contributed by atoms with van der Waals surface area (Å²) < 4.78 is 13.9. The topological polar surface area (TPSA) is 12.0 Å². The van der Waals surface area contributed by atoms with E-state index in [-0.39, 0.29) is 16.8 Å². The molecular formula is C14H19ClFN. The van der Waals surface area contributed by atoms with Crippen LogP contribution in [-0.2, 0) is 0 Å². The predicted molar refractivity (Wildman–Crippen MR) is 70.3 cm³/mol. The van der Waals surface area contributed by atoms with Crippen LogP contribution >= 0.6 is 11.6 Å². The predicted octanol–water partition coefficient (Wildman–Crippen LogP) is 4.07. The van der Waals surface area contributed by atoms with Crippen molar-refractivity contribution in [2.45, 2.75) is 38.5 Å². The molecule has 1 fully saturated rings. The van der Waals surface area contributed by atoms with E-state index in [2.05, 4.69) is 5.32 Å². The van der Waals surface area contributed by atoms with E-state index < -0.39 is 0 Å². The van der Waals surface area contributed by atoms with Gasteiger partial charge in [0, 0.05) is 0 Å². The second kappa shape index (κ2) is 5.36. The molecule has 1 N–H and O–H groups in total. The molecule has 3 heteroatoms. The minimum Gasteiger partial charge on any atom is -0.317 e. The molecule has 1 aliphatic heterocycles. The number of hydrogen-bond acceptors (Lipinski definition) is 1. The van der Waals surface area contributed by atoms with Gasteiger partial charge in [0.05, 0.1) is 5.02 Å². The van der Waals surface area contributed by atoms with E-state index in [0.29, 0.717) is 5.92 Å². The summed E-state index contributed by atoms with van der Waals surface area (Å²) in [6.45, 7) is 6.08. The molecule has 1 aliphatic rings. The molecule has 0 spiro atoms. The van der Waals surface area contributed by atoms with Crippen LogP contribution in [0.15, 0.2) is 12.1 Å². The van der Waals surface area contributed by atoms with Crippen molar-refractivity contribution in [3.05, 3.63) is 34.1 Å². The van der Waals surface area contributed by atoms with Gasteiger partial charge in [-0.3, -0.25) is 0 Å². The number of nitrogens with one attached hydrogen (secondary N) is 1.